The Kier molecular flexibility index (Phi) is 4.90. The predicted molar refractivity (Wildman–Crippen MR) is 79.9 cm³/mol. The molecular weight excluding hydrogens is 296 g/mol. The minimum absolute atomic E-state index is 0. The molecule has 0 spiro atoms. The fourth-order valence-electron chi connectivity index (χ4n) is 2.51. The second-order valence-electron chi connectivity index (χ2n) is 6.35. The van der Waals surface area contributed by atoms with Gasteiger partial charge in [0.05, 0.1) is 5.54 Å². The Bertz CT molecular complexity index is 464. The van der Waals surface area contributed by atoms with Gasteiger partial charge < -0.3 is 16.0 Å². The van der Waals surface area contributed by atoms with Gasteiger partial charge in [0, 0.05) is 6.54 Å². The third-order valence-electron chi connectivity index (χ3n) is 4.33. The van der Waals surface area contributed by atoms with Crippen molar-refractivity contribution in [2.75, 3.05) is 13.1 Å². The van der Waals surface area contributed by atoms with E-state index in [-0.39, 0.29) is 30.8 Å². The number of carbonyl (C=O) groups is 3. The first-order chi connectivity index (χ1) is 9.20. The zero-order valence-corrected chi connectivity index (χ0v) is 13.4. The van der Waals surface area contributed by atoms with Crippen LogP contribution in [0.25, 0.3) is 0 Å². The lowest BCUT2D eigenvalue weighted by molar-refractivity contribution is -0.127. The van der Waals surface area contributed by atoms with Crippen molar-refractivity contribution in [3.05, 3.63) is 0 Å². The summed E-state index contributed by atoms with van der Waals surface area (Å²) in [4.78, 5) is 36.7. The smallest absolute Gasteiger partial charge is 0.325 e. The van der Waals surface area contributed by atoms with E-state index >= 15 is 0 Å². The summed E-state index contributed by atoms with van der Waals surface area (Å²) in [6, 6.07) is -0.531. The average molecular weight is 319 g/mol. The Morgan fingerprint density at radius 2 is 2.05 bits per heavy atom. The second kappa shape index (κ2) is 5.81. The van der Waals surface area contributed by atoms with E-state index in [1.807, 2.05) is 6.92 Å². The molecule has 1 saturated heterocycles. The summed E-state index contributed by atoms with van der Waals surface area (Å²) in [5, 5.41) is 5.13. The Morgan fingerprint density at radius 1 is 1.48 bits per heavy atom. The minimum atomic E-state index is -1.01. The Hall–Kier alpha value is -1.34. The largest absolute Gasteiger partial charge is 0.348 e. The van der Waals surface area contributed by atoms with E-state index in [0.29, 0.717) is 12.5 Å². The molecule has 8 heteroatoms. The van der Waals surface area contributed by atoms with Crippen molar-refractivity contribution in [3.63, 3.8) is 0 Å². The number of nitrogens with zero attached hydrogens (tertiary/aromatic N) is 1. The topological polar surface area (TPSA) is 105 Å². The van der Waals surface area contributed by atoms with Gasteiger partial charge in [-0.15, -0.1) is 12.4 Å². The molecular formula is C13H23ClN4O3. The van der Waals surface area contributed by atoms with Crippen LogP contribution in [0.15, 0.2) is 0 Å². The summed E-state index contributed by atoms with van der Waals surface area (Å²) in [6.07, 6.45) is 2.12. The zero-order valence-electron chi connectivity index (χ0n) is 12.6. The highest BCUT2D eigenvalue weighted by Gasteiger charge is 2.47. The van der Waals surface area contributed by atoms with Gasteiger partial charge in [-0.3, -0.25) is 14.9 Å². The molecule has 21 heavy (non-hydrogen) atoms. The number of rotatable bonds is 5. The van der Waals surface area contributed by atoms with Crippen LogP contribution in [-0.2, 0) is 9.59 Å². The second-order valence-corrected chi connectivity index (χ2v) is 6.35. The van der Waals surface area contributed by atoms with Crippen molar-refractivity contribution in [1.82, 2.24) is 15.5 Å². The van der Waals surface area contributed by atoms with Crippen LogP contribution in [0.1, 0.15) is 33.6 Å². The van der Waals surface area contributed by atoms with Gasteiger partial charge in [0.2, 0.25) is 5.91 Å². The van der Waals surface area contributed by atoms with E-state index in [4.69, 9.17) is 5.73 Å². The molecule has 0 aromatic rings. The third kappa shape index (κ3) is 3.29. The molecule has 0 radical (unpaired) electrons. The van der Waals surface area contributed by atoms with E-state index in [0.717, 1.165) is 12.8 Å². The fourth-order valence-corrected chi connectivity index (χ4v) is 2.51. The van der Waals surface area contributed by atoms with E-state index < -0.39 is 17.1 Å². The number of nitrogens with two attached hydrogens (primary N) is 1. The van der Waals surface area contributed by atoms with E-state index in [9.17, 15) is 14.4 Å². The molecule has 1 saturated carbocycles. The molecule has 0 bridgehead atoms. The average Bonchev–Trinajstić information content (AvgIpc) is 3.16. The van der Waals surface area contributed by atoms with Crippen molar-refractivity contribution in [1.29, 1.82) is 0 Å². The molecule has 4 N–H and O–H groups in total. The molecule has 1 aliphatic carbocycles. The lowest BCUT2D eigenvalue weighted by Crippen LogP contribution is -2.57. The Balaban J connectivity index is 0.00000220. The summed E-state index contributed by atoms with van der Waals surface area (Å²) < 4.78 is 0. The standard InChI is InChI=1S/C13H22N4O3.ClH/c1-12(2)10(19)15-11(20)17(12)6-9(18)16-13(3,7-14)8-4-5-8;/h8H,4-7,14H2,1-3H3,(H,16,18)(H,15,19,20);1H. The molecule has 2 rings (SSSR count). The van der Waals surface area contributed by atoms with Gasteiger partial charge in [0.1, 0.15) is 12.1 Å². The zero-order chi connectivity index (χ0) is 15.1. The molecule has 1 heterocycles. The van der Waals surface area contributed by atoms with Gasteiger partial charge in [0.15, 0.2) is 0 Å². The number of amides is 4. The van der Waals surface area contributed by atoms with Gasteiger partial charge in [-0.2, -0.15) is 0 Å². The van der Waals surface area contributed by atoms with Gasteiger partial charge in [0.25, 0.3) is 5.91 Å². The quantitative estimate of drug-likeness (QED) is 0.620. The summed E-state index contributed by atoms with van der Waals surface area (Å²) in [5.74, 6) is -0.277. The maximum atomic E-state index is 12.1. The van der Waals surface area contributed by atoms with Gasteiger partial charge in [-0.05, 0) is 39.5 Å². The maximum Gasteiger partial charge on any atom is 0.325 e. The van der Waals surface area contributed by atoms with Crippen LogP contribution >= 0.6 is 12.4 Å². The van der Waals surface area contributed by atoms with Crippen molar-refractivity contribution >= 4 is 30.3 Å². The van der Waals surface area contributed by atoms with E-state index in [2.05, 4.69) is 10.6 Å². The first-order valence-corrected chi connectivity index (χ1v) is 6.85. The van der Waals surface area contributed by atoms with E-state index in [1.54, 1.807) is 13.8 Å². The molecule has 7 nitrogen and oxygen atoms in total. The number of hydrogen-bond donors (Lipinski definition) is 3. The van der Waals surface area contributed by atoms with Crippen LogP contribution in [0.3, 0.4) is 0 Å². The lowest BCUT2D eigenvalue weighted by atomic mass is 9.96. The fraction of sp³-hybridized carbons (Fsp3) is 0.769. The van der Waals surface area contributed by atoms with Crippen molar-refractivity contribution in [2.24, 2.45) is 11.7 Å². The van der Waals surface area contributed by atoms with Crippen molar-refractivity contribution in [3.8, 4) is 0 Å². The third-order valence-corrected chi connectivity index (χ3v) is 4.33. The van der Waals surface area contributed by atoms with Crippen LogP contribution in [0.2, 0.25) is 0 Å². The molecule has 1 unspecified atom stereocenters. The Morgan fingerprint density at radius 3 is 2.43 bits per heavy atom. The van der Waals surface area contributed by atoms with Crippen LogP contribution < -0.4 is 16.4 Å². The number of urea groups is 1. The molecule has 2 aliphatic rings. The highest BCUT2D eigenvalue weighted by molar-refractivity contribution is 6.07. The first kappa shape index (κ1) is 17.7. The number of carbonyl (C=O) groups excluding carboxylic acids is 3. The summed E-state index contributed by atoms with van der Waals surface area (Å²) in [5.41, 5.74) is 4.31. The van der Waals surface area contributed by atoms with Crippen molar-refractivity contribution < 1.29 is 14.4 Å². The van der Waals surface area contributed by atoms with Crippen LogP contribution in [-0.4, -0.2) is 46.9 Å². The highest BCUT2D eigenvalue weighted by atomic mass is 35.5. The molecule has 0 aromatic heterocycles. The van der Waals surface area contributed by atoms with Crippen molar-refractivity contribution in [2.45, 2.75) is 44.7 Å². The maximum absolute atomic E-state index is 12.1. The molecule has 2 fully saturated rings. The summed E-state index contributed by atoms with van der Waals surface area (Å²) in [7, 11) is 0. The molecule has 1 atom stereocenters. The number of hydrogen-bond acceptors (Lipinski definition) is 4. The minimum Gasteiger partial charge on any atom is -0.348 e. The first-order valence-electron chi connectivity index (χ1n) is 6.85. The number of nitrogens with one attached hydrogen (secondary N) is 2. The highest BCUT2D eigenvalue weighted by Crippen LogP contribution is 2.39. The van der Waals surface area contributed by atoms with Gasteiger partial charge >= 0.3 is 6.03 Å². The molecule has 120 valence electrons. The number of imide groups is 1. The summed E-state index contributed by atoms with van der Waals surface area (Å²) in [6.45, 7) is 5.36. The van der Waals surface area contributed by atoms with E-state index in [1.165, 1.54) is 4.90 Å². The molecule has 0 aromatic carbocycles. The van der Waals surface area contributed by atoms with Crippen LogP contribution in [0.5, 0.6) is 0 Å². The van der Waals surface area contributed by atoms with Crippen LogP contribution in [0, 0.1) is 5.92 Å². The lowest BCUT2D eigenvalue weighted by Gasteiger charge is -2.32. The van der Waals surface area contributed by atoms with Crippen LogP contribution in [0.4, 0.5) is 4.79 Å². The summed E-state index contributed by atoms with van der Waals surface area (Å²) >= 11 is 0. The SMILES string of the molecule is CC(CN)(NC(=O)CN1C(=O)NC(=O)C1(C)C)C1CC1.Cl. The monoisotopic (exact) mass is 318 g/mol. The molecule has 4 amide bonds. The Labute approximate surface area is 130 Å². The number of halogens is 1. The predicted octanol–water partition coefficient (Wildman–Crippen LogP) is -0.0178. The normalized spacial score (nSPS) is 23.1. The van der Waals surface area contributed by atoms with Gasteiger partial charge in [-0.25, -0.2) is 4.79 Å². The van der Waals surface area contributed by atoms with Gasteiger partial charge in [-0.1, -0.05) is 0 Å². The molecule has 1 aliphatic heterocycles.